The molecule has 6 heteroatoms. The normalized spacial score (nSPS) is 22.5. The van der Waals surface area contributed by atoms with Crippen LogP contribution in [0.25, 0.3) is 0 Å². The maximum Gasteiger partial charge on any atom is 0.251 e. The highest BCUT2D eigenvalue weighted by atomic mass is 32.2. The maximum atomic E-state index is 12.2. The fraction of sp³-hybridized carbons (Fsp3) is 0.562. The summed E-state index contributed by atoms with van der Waals surface area (Å²) in [6.45, 7) is 6.30. The van der Waals surface area contributed by atoms with Crippen molar-refractivity contribution < 1.29 is 13.2 Å². The van der Waals surface area contributed by atoms with Gasteiger partial charge in [0.15, 0.2) is 9.84 Å². The number of sulfone groups is 1. The summed E-state index contributed by atoms with van der Waals surface area (Å²) < 4.78 is 24.1. The highest BCUT2D eigenvalue weighted by Crippen LogP contribution is 2.17. The van der Waals surface area contributed by atoms with Gasteiger partial charge in [0.25, 0.3) is 5.91 Å². The van der Waals surface area contributed by atoms with Crippen molar-refractivity contribution in [1.82, 2.24) is 10.6 Å². The average molecular weight is 324 g/mol. The van der Waals surface area contributed by atoms with E-state index < -0.39 is 15.1 Å². The molecule has 0 aromatic heterocycles. The van der Waals surface area contributed by atoms with Crippen molar-refractivity contribution in [1.29, 1.82) is 0 Å². The zero-order valence-corrected chi connectivity index (χ0v) is 14.1. The molecule has 0 saturated carbocycles. The molecular weight excluding hydrogens is 300 g/mol. The van der Waals surface area contributed by atoms with Gasteiger partial charge in [0.2, 0.25) is 0 Å². The lowest BCUT2D eigenvalue weighted by molar-refractivity contribution is 0.0925. The van der Waals surface area contributed by atoms with Gasteiger partial charge < -0.3 is 10.6 Å². The van der Waals surface area contributed by atoms with Gasteiger partial charge in [0.05, 0.1) is 10.1 Å². The summed E-state index contributed by atoms with van der Waals surface area (Å²) in [7, 11) is -3.29. The van der Waals surface area contributed by atoms with Crippen molar-refractivity contribution in [2.45, 2.75) is 55.8 Å². The number of carbonyl (C=O) groups is 1. The fourth-order valence-corrected chi connectivity index (χ4v) is 3.66. The van der Waals surface area contributed by atoms with Gasteiger partial charge in [-0.2, -0.15) is 0 Å². The lowest BCUT2D eigenvalue weighted by Gasteiger charge is -2.28. The van der Waals surface area contributed by atoms with E-state index in [0.717, 1.165) is 19.4 Å². The maximum absolute atomic E-state index is 12.2. The standard InChI is InChI=1S/C16H24N2O3S/c1-11(2)22(20,21)15-6-4-13(5-7-15)16(19)18-14-8-9-17-12(3)10-14/h4-7,11-12,14,17H,8-10H2,1-3H3,(H,18,19). The smallest absolute Gasteiger partial charge is 0.251 e. The number of hydrogen-bond acceptors (Lipinski definition) is 4. The van der Waals surface area contributed by atoms with E-state index in [0.29, 0.717) is 11.6 Å². The van der Waals surface area contributed by atoms with Gasteiger partial charge in [-0.25, -0.2) is 8.42 Å². The Morgan fingerprint density at radius 1 is 1.27 bits per heavy atom. The third-order valence-corrected chi connectivity index (χ3v) is 6.19. The summed E-state index contributed by atoms with van der Waals surface area (Å²) >= 11 is 0. The Balaban J connectivity index is 2.05. The molecule has 2 atom stereocenters. The van der Waals surface area contributed by atoms with Crippen LogP contribution in [0.2, 0.25) is 0 Å². The minimum absolute atomic E-state index is 0.146. The Morgan fingerprint density at radius 2 is 1.91 bits per heavy atom. The van der Waals surface area contributed by atoms with Gasteiger partial charge in [0.1, 0.15) is 0 Å². The van der Waals surface area contributed by atoms with Gasteiger partial charge in [-0.05, 0) is 64.4 Å². The van der Waals surface area contributed by atoms with Crippen molar-refractivity contribution in [3.8, 4) is 0 Å². The van der Waals surface area contributed by atoms with Crippen LogP contribution in [0.4, 0.5) is 0 Å². The second-order valence-corrected chi connectivity index (χ2v) is 8.67. The molecule has 0 radical (unpaired) electrons. The number of piperidine rings is 1. The van der Waals surface area contributed by atoms with Crippen LogP contribution < -0.4 is 10.6 Å². The number of hydrogen-bond donors (Lipinski definition) is 2. The Hall–Kier alpha value is -1.40. The molecule has 0 spiro atoms. The summed E-state index contributed by atoms with van der Waals surface area (Å²) in [5.74, 6) is -0.146. The van der Waals surface area contributed by atoms with Crippen molar-refractivity contribution >= 4 is 15.7 Å². The van der Waals surface area contributed by atoms with Crippen molar-refractivity contribution in [2.75, 3.05) is 6.54 Å². The molecule has 1 aliphatic rings. The number of nitrogens with one attached hydrogen (secondary N) is 2. The summed E-state index contributed by atoms with van der Waals surface area (Å²) in [6, 6.07) is 6.75. The van der Waals surface area contributed by atoms with Crippen LogP contribution in [-0.4, -0.2) is 38.2 Å². The third-order valence-electron chi connectivity index (χ3n) is 4.02. The quantitative estimate of drug-likeness (QED) is 0.884. The van der Waals surface area contributed by atoms with Crippen LogP contribution in [0.1, 0.15) is 44.0 Å². The second-order valence-electron chi connectivity index (χ2n) is 6.17. The van der Waals surface area contributed by atoms with Crippen molar-refractivity contribution in [3.63, 3.8) is 0 Å². The summed E-state index contributed by atoms with van der Waals surface area (Å²) in [4.78, 5) is 12.5. The van der Waals surface area contributed by atoms with E-state index in [1.807, 2.05) is 0 Å². The second kappa shape index (κ2) is 6.79. The molecule has 1 saturated heterocycles. The summed E-state index contributed by atoms with van der Waals surface area (Å²) in [6.07, 6.45) is 1.82. The van der Waals surface area contributed by atoms with Crippen LogP contribution in [0.3, 0.4) is 0 Å². The number of benzene rings is 1. The van der Waals surface area contributed by atoms with Crippen LogP contribution in [0.15, 0.2) is 29.2 Å². The van der Waals surface area contributed by atoms with Gasteiger partial charge in [-0.3, -0.25) is 4.79 Å². The third kappa shape index (κ3) is 3.87. The molecule has 5 nitrogen and oxygen atoms in total. The molecule has 2 unspecified atom stereocenters. The number of carbonyl (C=O) groups excluding carboxylic acids is 1. The zero-order chi connectivity index (χ0) is 16.3. The first-order valence-electron chi connectivity index (χ1n) is 7.69. The highest BCUT2D eigenvalue weighted by molar-refractivity contribution is 7.92. The van der Waals surface area contributed by atoms with E-state index in [-0.39, 0.29) is 16.8 Å². The van der Waals surface area contributed by atoms with Crippen molar-refractivity contribution in [2.24, 2.45) is 0 Å². The number of amides is 1. The molecule has 0 aliphatic carbocycles. The summed E-state index contributed by atoms with van der Waals surface area (Å²) in [5.41, 5.74) is 0.494. The topological polar surface area (TPSA) is 75.3 Å². The van der Waals surface area contributed by atoms with E-state index in [1.54, 1.807) is 26.0 Å². The van der Waals surface area contributed by atoms with Gasteiger partial charge >= 0.3 is 0 Å². The van der Waals surface area contributed by atoms with E-state index >= 15 is 0 Å². The monoisotopic (exact) mass is 324 g/mol. The van der Waals surface area contributed by atoms with Crippen LogP contribution in [0, 0.1) is 0 Å². The Morgan fingerprint density at radius 3 is 2.45 bits per heavy atom. The molecule has 122 valence electrons. The predicted molar refractivity (Wildman–Crippen MR) is 86.7 cm³/mol. The molecule has 1 aromatic carbocycles. The predicted octanol–water partition coefficient (Wildman–Crippen LogP) is 1.74. The minimum Gasteiger partial charge on any atom is -0.349 e. The van der Waals surface area contributed by atoms with E-state index in [9.17, 15) is 13.2 Å². The molecule has 1 aromatic rings. The van der Waals surface area contributed by atoms with Crippen LogP contribution in [0.5, 0.6) is 0 Å². The number of rotatable bonds is 4. The fourth-order valence-electron chi connectivity index (χ4n) is 2.60. The van der Waals surface area contributed by atoms with Crippen LogP contribution in [-0.2, 0) is 9.84 Å². The van der Waals surface area contributed by atoms with Crippen molar-refractivity contribution in [3.05, 3.63) is 29.8 Å². The molecule has 2 N–H and O–H groups in total. The molecule has 1 heterocycles. The first-order valence-corrected chi connectivity index (χ1v) is 9.23. The molecule has 22 heavy (non-hydrogen) atoms. The van der Waals surface area contributed by atoms with E-state index in [1.165, 1.54) is 12.1 Å². The Bertz CT molecular complexity index is 623. The van der Waals surface area contributed by atoms with Gasteiger partial charge in [-0.15, -0.1) is 0 Å². The Kier molecular flexibility index (Phi) is 5.24. The lowest BCUT2D eigenvalue weighted by Crippen LogP contribution is -2.46. The molecule has 0 bridgehead atoms. The first kappa shape index (κ1) is 17.0. The zero-order valence-electron chi connectivity index (χ0n) is 13.3. The molecule has 1 amide bonds. The molecule has 2 rings (SSSR count). The first-order chi connectivity index (χ1) is 10.3. The van der Waals surface area contributed by atoms with Gasteiger partial charge in [0, 0.05) is 17.6 Å². The van der Waals surface area contributed by atoms with Gasteiger partial charge in [-0.1, -0.05) is 0 Å². The largest absolute Gasteiger partial charge is 0.349 e. The SMILES string of the molecule is CC1CC(NC(=O)c2ccc(S(=O)(=O)C(C)C)cc2)CCN1. The van der Waals surface area contributed by atoms with E-state index in [4.69, 9.17) is 0 Å². The summed E-state index contributed by atoms with van der Waals surface area (Å²) in [5, 5.41) is 5.89. The Labute approximate surface area is 132 Å². The molecular formula is C16H24N2O3S. The average Bonchev–Trinajstić information content (AvgIpc) is 2.47. The van der Waals surface area contributed by atoms with Crippen LogP contribution >= 0.6 is 0 Å². The van der Waals surface area contributed by atoms with E-state index in [2.05, 4.69) is 17.6 Å². The minimum atomic E-state index is -3.29. The highest BCUT2D eigenvalue weighted by Gasteiger charge is 2.22. The molecule has 1 fully saturated rings. The lowest BCUT2D eigenvalue weighted by atomic mass is 10.0. The molecule has 1 aliphatic heterocycles.